The van der Waals surface area contributed by atoms with Crippen LogP contribution in [0.1, 0.15) is 0 Å². The first-order valence-electron chi connectivity index (χ1n) is 1.98. The quantitative estimate of drug-likeness (QED) is 0.236. The molecule has 0 amide bonds. The summed E-state index contributed by atoms with van der Waals surface area (Å²) < 4.78 is 9.32. The summed E-state index contributed by atoms with van der Waals surface area (Å²) in [6, 6.07) is 0. The first-order valence-corrected chi connectivity index (χ1v) is 1.98. The number of rotatable bonds is 3. The normalized spacial score (nSPS) is 8.17. The van der Waals surface area contributed by atoms with Crippen LogP contribution in [-0.4, -0.2) is 29.0 Å². The van der Waals surface area contributed by atoms with Crippen LogP contribution < -0.4 is 0 Å². The van der Waals surface area contributed by atoms with Gasteiger partial charge in [0.05, 0.1) is 0 Å². The summed E-state index contributed by atoms with van der Waals surface area (Å²) in [5.41, 5.74) is 0. The van der Waals surface area contributed by atoms with Gasteiger partial charge in [0.25, 0.3) is 0 Å². The highest BCUT2D eigenvalue weighted by Gasteiger charge is 1.74. The van der Waals surface area contributed by atoms with Crippen molar-refractivity contribution in [1.29, 1.82) is 0 Å². The van der Waals surface area contributed by atoms with Crippen molar-refractivity contribution in [2.24, 2.45) is 0 Å². The molecule has 0 spiro atoms. The van der Waals surface area contributed by atoms with Gasteiger partial charge in [-0.2, -0.15) is 0 Å². The van der Waals surface area contributed by atoms with Crippen LogP contribution in [0, 0.1) is 0 Å². The van der Waals surface area contributed by atoms with Crippen molar-refractivity contribution in [3.8, 4) is 0 Å². The van der Waals surface area contributed by atoms with Gasteiger partial charge in [-0.1, -0.05) is 0 Å². The Labute approximate surface area is 39.5 Å². The molecule has 0 aromatic heterocycles. The second kappa shape index (κ2) is 5.05. The number of methoxy groups -OCH3 is 1. The minimum Gasteiger partial charge on any atom is -0.429 e. The Morgan fingerprint density at radius 2 is 2.50 bits per heavy atom. The summed E-state index contributed by atoms with van der Waals surface area (Å²) in [5.74, 6) is 0. The lowest BCUT2D eigenvalue weighted by atomic mass is 9.72. The molecule has 4 heteroatoms. The molecule has 0 bridgehead atoms. The Balaban J connectivity index is 2.34. The van der Waals surface area contributed by atoms with Crippen LogP contribution in [0.25, 0.3) is 0 Å². The Bertz CT molecular complexity index is 21.5. The lowest BCUT2D eigenvalue weighted by molar-refractivity contribution is 0.0564. The van der Waals surface area contributed by atoms with Crippen molar-refractivity contribution in [2.45, 2.75) is 0 Å². The largest absolute Gasteiger partial charge is 0.429 e. The molecule has 0 aliphatic heterocycles. The van der Waals surface area contributed by atoms with Crippen LogP contribution in [0.15, 0.2) is 0 Å². The van der Waals surface area contributed by atoms with E-state index in [9.17, 15) is 0 Å². The van der Waals surface area contributed by atoms with E-state index in [1.807, 2.05) is 7.74 Å². The molecule has 0 radical (unpaired) electrons. The van der Waals surface area contributed by atoms with Gasteiger partial charge >= 0.3 is 0 Å². The molecule has 0 saturated carbocycles. The summed E-state index contributed by atoms with van der Waals surface area (Å²) in [6.07, 6.45) is 0. The predicted molar refractivity (Wildman–Crippen MR) is 28.7 cm³/mol. The van der Waals surface area contributed by atoms with Crippen molar-refractivity contribution in [3.05, 3.63) is 0 Å². The third kappa shape index (κ3) is 4.05. The van der Waals surface area contributed by atoms with Gasteiger partial charge in [0.15, 0.2) is 0 Å². The summed E-state index contributed by atoms with van der Waals surface area (Å²) in [7, 11) is 4.27. The molecular weight excluding hydrogens is 77.6 g/mol. The minimum atomic E-state index is 0.413. The third-order valence-electron chi connectivity index (χ3n) is 0.405. The van der Waals surface area contributed by atoms with E-state index in [4.69, 9.17) is 4.65 Å². The van der Waals surface area contributed by atoms with E-state index in [1.54, 1.807) is 7.11 Å². The third-order valence-corrected chi connectivity index (χ3v) is 0.405. The van der Waals surface area contributed by atoms with E-state index in [-0.39, 0.29) is 0 Å². The Hall–Kier alpha value is 0.0499. The van der Waals surface area contributed by atoms with E-state index in [0.717, 1.165) is 7.37 Å². The second-order valence-corrected chi connectivity index (χ2v) is 0.899. The average Bonchev–Trinajstić information content (AvgIpc) is 1.61. The summed E-state index contributed by atoms with van der Waals surface area (Å²) in [5, 5.41) is 0. The van der Waals surface area contributed by atoms with Crippen molar-refractivity contribution in [1.82, 2.24) is 0 Å². The van der Waals surface area contributed by atoms with E-state index in [1.165, 1.54) is 0 Å². The summed E-state index contributed by atoms with van der Waals surface area (Å²) >= 11 is 0. The maximum Gasteiger partial charge on any atom is 0.233 e. The van der Waals surface area contributed by atoms with Crippen LogP contribution in [0.3, 0.4) is 0 Å². The molecular formula is C2H8B2O2. The predicted octanol–water partition coefficient (Wildman–Crippen LogP) is -1.49. The van der Waals surface area contributed by atoms with Crippen molar-refractivity contribution < 1.29 is 9.39 Å². The van der Waals surface area contributed by atoms with Crippen LogP contribution in [0.4, 0.5) is 0 Å². The van der Waals surface area contributed by atoms with Gasteiger partial charge in [0, 0.05) is 7.11 Å². The molecule has 2 nitrogen and oxygen atoms in total. The zero-order valence-electron chi connectivity index (χ0n) is 4.23. The molecule has 0 saturated heterocycles. The zero-order valence-corrected chi connectivity index (χ0v) is 4.23. The van der Waals surface area contributed by atoms with Gasteiger partial charge in [-0.3, -0.25) is 0 Å². The molecule has 0 aromatic rings. The van der Waals surface area contributed by atoms with Crippen LogP contribution in [-0.2, 0) is 9.39 Å². The van der Waals surface area contributed by atoms with Gasteiger partial charge in [0.2, 0.25) is 7.37 Å². The first-order chi connectivity index (χ1) is 2.91. The van der Waals surface area contributed by atoms with E-state index < -0.39 is 0 Å². The highest BCUT2D eigenvalue weighted by molar-refractivity contribution is 6.85. The SMILES string of the molecule is BBOCOC. The second-order valence-electron chi connectivity index (χ2n) is 0.899. The molecule has 0 aliphatic rings. The minimum absolute atomic E-state index is 0.413. The van der Waals surface area contributed by atoms with Gasteiger partial charge < -0.3 is 9.39 Å². The zero-order chi connectivity index (χ0) is 4.83. The topological polar surface area (TPSA) is 18.5 Å². The van der Waals surface area contributed by atoms with E-state index in [2.05, 4.69) is 4.74 Å². The molecule has 34 valence electrons. The molecule has 0 fully saturated rings. The Morgan fingerprint density at radius 3 is 2.67 bits per heavy atom. The number of hydrogen-bond donors (Lipinski definition) is 0. The molecule has 6 heavy (non-hydrogen) atoms. The molecule has 0 rings (SSSR count). The highest BCUT2D eigenvalue weighted by atomic mass is 16.6. The molecule has 0 heterocycles. The van der Waals surface area contributed by atoms with E-state index >= 15 is 0 Å². The van der Waals surface area contributed by atoms with Gasteiger partial charge in [-0.15, -0.1) is 0 Å². The van der Waals surface area contributed by atoms with Crippen molar-refractivity contribution >= 4 is 15.1 Å². The highest BCUT2D eigenvalue weighted by Crippen LogP contribution is 1.63. The van der Waals surface area contributed by atoms with Crippen molar-refractivity contribution in [2.75, 3.05) is 13.9 Å². The summed E-state index contributed by atoms with van der Waals surface area (Å²) in [4.78, 5) is 0. The fourth-order valence-corrected chi connectivity index (χ4v) is 0.167. The molecule has 0 aromatic carbocycles. The maximum atomic E-state index is 4.76. The molecule has 0 unspecified atom stereocenters. The Kier molecular flexibility index (Phi) is 5.09. The average molecular weight is 85.7 g/mol. The summed E-state index contributed by atoms with van der Waals surface area (Å²) in [6.45, 7) is 0.413. The van der Waals surface area contributed by atoms with Gasteiger partial charge in [-0.25, -0.2) is 0 Å². The number of hydrogen-bond acceptors (Lipinski definition) is 2. The number of ether oxygens (including phenoxy) is 1. The standard InChI is InChI=1S/C2H8B2O2/c1-5-2-6-4-3/h4H,2-3H2,1H3. The fraction of sp³-hybridized carbons (Fsp3) is 1.00. The van der Waals surface area contributed by atoms with Crippen molar-refractivity contribution in [3.63, 3.8) is 0 Å². The molecule has 0 atom stereocenters. The van der Waals surface area contributed by atoms with Crippen LogP contribution in [0.5, 0.6) is 0 Å². The molecule has 0 N–H and O–H groups in total. The lowest BCUT2D eigenvalue weighted by Crippen LogP contribution is -2.00. The lowest BCUT2D eigenvalue weighted by Gasteiger charge is -1.93. The fourth-order valence-electron chi connectivity index (χ4n) is 0.167. The van der Waals surface area contributed by atoms with Crippen LogP contribution in [0.2, 0.25) is 0 Å². The van der Waals surface area contributed by atoms with Gasteiger partial charge in [-0.05, 0) is 0 Å². The Morgan fingerprint density at radius 1 is 1.83 bits per heavy atom. The smallest absolute Gasteiger partial charge is 0.233 e. The van der Waals surface area contributed by atoms with Crippen LogP contribution >= 0.6 is 0 Å². The van der Waals surface area contributed by atoms with E-state index in [0.29, 0.717) is 6.79 Å². The molecule has 0 aliphatic carbocycles. The maximum absolute atomic E-state index is 4.76. The van der Waals surface area contributed by atoms with Gasteiger partial charge in [0.1, 0.15) is 14.5 Å². The first kappa shape index (κ1) is 6.05. The monoisotopic (exact) mass is 86.1 g/mol.